The number of carbonyl (C=O) groups is 4. The van der Waals surface area contributed by atoms with E-state index < -0.39 is 41.4 Å². The van der Waals surface area contributed by atoms with E-state index in [-0.39, 0.29) is 24.1 Å². The molecule has 0 aliphatic carbocycles. The predicted octanol–water partition coefficient (Wildman–Crippen LogP) is 0.817. The number of rotatable bonds is 11. The molecule has 3 rings (SSSR count). The molecule has 192 valence electrons. The number of piperidine rings is 1. The monoisotopic (exact) mass is 522 g/mol. The van der Waals surface area contributed by atoms with Crippen LogP contribution >= 0.6 is 24.4 Å². The second-order valence-corrected chi connectivity index (χ2v) is 10.6. The number of thiol groups is 1. The molecule has 9 nitrogen and oxygen atoms in total. The standard InChI is InChI=1S/C24H34N4O5S2/c1-35-12-10-18(22(31)32)26-21(30)19-8-7-16-9-11-24(23(33)28(16)19,27-20(29)17(25)14-34)13-15-5-3-2-4-6-15/h2-6,16-19,34H,7-14,25H2,1H3,(H,26,30)(H,27,29)(H,31,32)/t16-,17+,18+,19+,24-/m1/s1. The average Bonchev–Trinajstić information content (AvgIpc) is 3.28. The van der Waals surface area contributed by atoms with Crippen LogP contribution in [0.4, 0.5) is 0 Å². The Bertz CT molecular complexity index is 934. The third-order valence-electron chi connectivity index (χ3n) is 6.82. The molecule has 35 heavy (non-hydrogen) atoms. The molecule has 0 radical (unpaired) electrons. The fourth-order valence-corrected chi connectivity index (χ4v) is 5.58. The Morgan fingerprint density at radius 1 is 1.26 bits per heavy atom. The summed E-state index contributed by atoms with van der Waals surface area (Å²) in [4.78, 5) is 53.2. The highest BCUT2D eigenvalue weighted by Crippen LogP contribution is 2.38. The number of carbonyl (C=O) groups excluding carboxylic acids is 3. The van der Waals surface area contributed by atoms with Crippen molar-refractivity contribution in [3.63, 3.8) is 0 Å². The molecule has 11 heteroatoms. The van der Waals surface area contributed by atoms with Gasteiger partial charge in [-0.25, -0.2) is 4.79 Å². The number of benzene rings is 1. The van der Waals surface area contributed by atoms with Gasteiger partial charge in [0.05, 0.1) is 6.04 Å². The van der Waals surface area contributed by atoms with Crippen molar-refractivity contribution in [3.8, 4) is 0 Å². The summed E-state index contributed by atoms with van der Waals surface area (Å²) in [5, 5.41) is 15.1. The summed E-state index contributed by atoms with van der Waals surface area (Å²) in [7, 11) is 0. The van der Waals surface area contributed by atoms with Crippen LogP contribution in [0.15, 0.2) is 30.3 Å². The van der Waals surface area contributed by atoms with Gasteiger partial charge in [-0.1, -0.05) is 30.3 Å². The third kappa shape index (κ3) is 6.31. The molecule has 0 unspecified atom stereocenters. The van der Waals surface area contributed by atoms with Gasteiger partial charge in [0.25, 0.3) is 0 Å². The van der Waals surface area contributed by atoms with Gasteiger partial charge in [0.2, 0.25) is 17.7 Å². The van der Waals surface area contributed by atoms with E-state index in [4.69, 9.17) is 5.73 Å². The first-order valence-corrected chi connectivity index (χ1v) is 13.8. The number of hydrogen-bond acceptors (Lipinski definition) is 7. The first kappa shape index (κ1) is 27.3. The lowest BCUT2D eigenvalue weighted by Gasteiger charge is -2.46. The molecular formula is C24H34N4O5S2. The molecule has 2 aliphatic heterocycles. The zero-order valence-electron chi connectivity index (χ0n) is 19.8. The van der Waals surface area contributed by atoms with Gasteiger partial charge in [-0.2, -0.15) is 24.4 Å². The summed E-state index contributed by atoms with van der Waals surface area (Å²) in [6, 6.07) is 6.59. The summed E-state index contributed by atoms with van der Waals surface area (Å²) in [6.07, 6.45) is 4.57. The fourth-order valence-electron chi connectivity index (χ4n) is 4.94. The molecule has 0 spiro atoms. The number of aliphatic carboxylic acids is 1. The van der Waals surface area contributed by atoms with Crippen LogP contribution in [0.25, 0.3) is 0 Å². The number of thioether (sulfide) groups is 1. The molecule has 0 aromatic heterocycles. The van der Waals surface area contributed by atoms with Crippen LogP contribution in [0, 0.1) is 0 Å². The van der Waals surface area contributed by atoms with Gasteiger partial charge in [0, 0.05) is 18.2 Å². The Balaban J connectivity index is 1.87. The summed E-state index contributed by atoms with van der Waals surface area (Å²) >= 11 is 5.61. The zero-order valence-corrected chi connectivity index (χ0v) is 21.5. The van der Waals surface area contributed by atoms with Crippen molar-refractivity contribution in [2.45, 2.75) is 68.2 Å². The third-order valence-corrected chi connectivity index (χ3v) is 7.86. The van der Waals surface area contributed by atoms with Crippen molar-refractivity contribution in [3.05, 3.63) is 35.9 Å². The molecular weight excluding hydrogens is 488 g/mol. The normalized spacial score (nSPS) is 25.5. The number of carboxylic acid groups (broad SMARTS) is 1. The zero-order chi connectivity index (χ0) is 25.6. The minimum atomic E-state index is -1.25. The van der Waals surface area contributed by atoms with Gasteiger partial charge in [-0.3, -0.25) is 14.4 Å². The van der Waals surface area contributed by atoms with Gasteiger partial charge in [0.1, 0.15) is 17.6 Å². The Labute approximate surface area is 215 Å². The van der Waals surface area contributed by atoms with Crippen molar-refractivity contribution in [1.29, 1.82) is 0 Å². The highest BCUT2D eigenvalue weighted by Gasteiger charge is 2.54. The van der Waals surface area contributed by atoms with E-state index in [1.807, 2.05) is 36.6 Å². The maximum absolute atomic E-state index is 14.0. The Morgan fingerprint density at radius 2 is 1.97 bits per heavy atom. The van der Waals surface area contributed by atoms with Gasteiger partial charge < -0.3 is 26.4 Å². The van der Waals surface area contributed by atoms with Gasteiger partial charge in [0.15, 0.2) is 0 Å². The van der Waals surface area contributed by atoms with Crippen molar-refractivity contribution in [2.75, 3.05) is 17.8 Å². The van der Waals surface area contributed by atoms with Crippen molar-refractivity contribution >= 4 is 48.1 Å². The molecule has 0 saturated carbocycles. The Hall–Kier alpha value is -2.24. The van der Waals surface area contributed by atoms with Crippen LogP contribution in [0.3, 0.4) is 0 Å². The molecule has 0 bridgehead atoms. The van der Waals surface area contributed by atoms with Crippen molar-refractivity contribution in [1.82, 2.24) is 15.5 Å². The van der Waals surface area contributed by atoms with E-state index in [2.05, 4.69) is 23.3 Å². The summed E-state index contributed by atoms with van der Waals surface area (Å²) in [5.74, 6) is -1.64. The first-order valence-electron chi connectivity index (χ1n) is 11.8. The Kier molecular flexibility index (Phi) is 9.48. The van der Waals surface area contributed by atoms with Crippen LogP contribution in [0.2, 0.25) is 0 Å². The van der Waals surface area contributed by atoms with Crippen LogP contribution in [-0.4, -0.2) is 81.2 Å². The molecule has 1 aromatic carbocycles. The predicted molar refractivity (Wildman–Crippen MR) is 138 cm³/mol. The van der Waals surface area contributed by atoms with Crippen LogP contribution in [-0.2, 0) is 25.6 Å². The number of nitrogens with two attached hydrogens (primary N) is 1. The number of fused-ring (bicyclic) bond motifs is 1. The van der Waals surface area contributed by atoms with E-state index in [0.717, 1.165) is 5.56 Å². The van der Waals surface area contributed by atoms with Gasteiger partial charge in [-0.05, 0) is 49.7 Å². The minimum absolute atomic E-state index is 0.130. The van der Waals surface area contributed by atoms with Gasteiger partial charge >= 0.3 is 5.97 Å². The largest absolute Gasteiger partial charge is 0.480 e. The number of carboxylic acids is 1. The van der Waals surface area contributed by atoms with E-state index >= 15 is 0 Å². The summed E-state index contributed by atoms with van der Waals surface area (Å²) < 4.78 is 0. The van der Waals surface area contributed by atoms with Crippen LogP contribution in [0.1, 0.15) is 37.7 Å². The first-order chi connectivity index (χ1) is 16.7. The van der Waals surface area contributed by atoms with E-state index in [9.17, 15) is 24.3 Å². The molecule has 1 aromatic rings. The average molecular weight is 523 g/mol. The fraction of sp³-hybridized carbons (Fsp3) is 0.583. The number of amides is 3. The lowest BCUT2D eigenvalue weighted by molar-refractivity contribution is -0.152. The summed E-state index contributed by atoms with van der Waals surface area (Å²) in [6.45, 7) is 0. The summed E-state index contributed by atoms with van der Waals surface area (Å²) in [5.41, 5.74) is 5.53. The van der Waals surface area contributed by atoms with Crippen molar-refractivity contribution in [2.24, 2.45) is 5.73 Å². The topological polar surface area (TPSA) is 142 Å². The highest BCUT2D eigenvalue weighted by molar-refractivity contribution is 7.98. The molecule has 5 N–H and O–H groups in total. The quantitative estimate of drug-likeness (QED) is 0.271. The number of hydrogen-bond donors (Lipinski definition) is 5. The minimum Gasteiger partial charge on any atom is -0.480 e. The van der Waals surface area contributed by atoms with E-state index in [0.29, 0.717) is 37.9 Å². The Morgan fingerprint density at radius 3 is 2.60 bits per heavy atom. The lowest BCUT2D eigenvalue weighted by Crippen LogP contribution is -2.68. The SMILES string of the molecule is CSCC[C@H](NC(=O)[C@@H]1CC[C@@H]2CC[C@](Cc3ccccc3)(NC(=O)[C@@H](N)CS)C(=O)N21)C(=O)O. The molecule has 2 fully saturated rings. The second-order valence-electron chi connectivity index (χ2n) is 9.20. The smallest absolute Gasteiger partial charge is 0.326 e. The maximum Gasteiger partial charge on any atom is 0.326 e. The highest BCUT2D eigenvalue weighted by atomic mass is 32.2. The number of nitrogens with one attached hydrogen (secondary N) is 2. The van der Waals surface area contributed by atoms with Crippen molar-refractivity contribution < 1.29 is 24.3 Å². The van der Waals surface area contributed by atoms with Crippen LogP contribution < -0.4 is 16.4 Å². The van der Waals surface area contributed by atoms with Gasteiger partial charge in [-0.15, -0.1) is 0 Å². The molecule has 3 amide bonds. The molecule has 5 atom stereocenters. The van der Waals surface area contributed by atoms with Crippen LogP contribution in [0.5, 0.6) is 0 Å². The number of nitrogens with zero attached hydrogens (tertiary/aromatic N) is 1. The van der Waals surface area contributed by atoms with E-state index in [1.54, 1.807) is 4.90 Å². The van der Waals surface area contributed by atoms with E-state index in [1.165, 1.54) is 11.8 Å². The lowest BCUT2D eigenvalue weighted by atomic mass is 9.79. The molecule has 2 saturated heterocycles. The second kappa shape index (κ2) is 12.1. The molecule has 2 aliphatic rings. The maximum atomic E-state index is 14.0. The molecule has 2 heterocycles.